The zero-order chi connectivity index (χ0) is 25.2. The first-order chi connectivity index (χ1) is 16.6. The first-order valence-electron chi connectivity index (χ1n) is 10.9. The number of anilines is 1. The van der Waals surface area contributed by atoms with E-state index in [1.54, 1.807) is 28.6 Å². The van der Waals surface area contributed by atoms with Gasteiger partial charge < -0.3 is 14.2 Å². The number of nitrogens with one attached hydrogen (secondary N) is 1. The van der Waals surface area contributed by atoms with Gasteiger partial charge in [-0.2, -0.15) is 4.31 Å². The van der Waals surface area contributed by atoms with Crippen molar-refractivity contribution < 1.29 is 27.3 Å². The van der Waals surface area contributed by atoms with E-state index >= 15 is 0 Å². The summed E-state index contributed by atoms with van der Waals surface area (Å²) in [7, 11) is -3.76. The first-order valence-corrected chi connectivity index (χ1v) is 13.2. The molecule has 3 aromatic rings. The highest BCUT2D eigenvalue weighted by atomic mass is 32.2. The Morgan fingerprint density at radius 3 is 2.46 bits per heavy atom. The van der Waals surface area contributed by atoms with Gasteiger partial charge in [0.2, 0.25) is 10.0 Å². The van der Waals surface area contributed by atoms with Crippen molar-refractivity contribution in [2.75, 3.05) is 31.5 Å². The normalized spacial score (nSPS) is 14.8. The number of carbonyl (C=O) groups excluding carboxylic acids is 2. The number of thiazole rings is 1. The Bertz CT molecular complexity index is 1310. The molecule has 4 rings (SSSR count). The molecule has 0 radical (unpaired) electrons. The molecule has 2 amide bonds. The lowest BCUT2D eigenvalue weighted by Gasteiger charge is -2.34. The zero-order valence-corrected chi connectivity index (χ0v) is 21.1. The molecule has 13 heteroatoms. The van der Waals surface area contributed by atoms with E-state index in [9.17, 15) is 18.0 Å². The number of rotatable bonds is 7. The van der Waals surface area contributed by atoms with Gasteiger partial charge in [0, 0.05) is 48.9 Å². The molecular weight excluding hydrogens is 494 g/mol. The van der Waals surface area contributed by atoms with Crippen LogP contribution in [0, 0.1) is 6.92 Å². The minimum absolute atomic E-state index is 0.0201. The maximum atomic E-state index is 13.3. The molecule has 2 aromatic heterocycles. The van der Waals surface area contributed by atoms with Gasteiger partial charge in [-0.3, -0.25) is 14.9 Å². The monoisotopic (exact) mass is 519 g/mol. The number of amides is 2. The SMILES string of the molecule is Cc1oncc1S(=O)(=O)N1CCN(C(=O)c2cc(OC(C)C)cc(C(=O)Nc3nccs3)c2)CC1. The quantitative estimate of drug-likeness (QED) is 0.503. The molecular formula is C22H25N5O6S2. The number of carbonyl (C=O) groups is 2. The van der Waals surface area contributed by atoms with Crippen LogP contribution in [0.5, 0.6) is 5.75 Å². The third-order valence-electron chi connectivity index (χ3n) is 5.29. The molecule has 1 fully saturated rings. The average molecular weight is 520 g/mol. The van der Waals surface area contributed by atoms with Crippen molar-refractivity contribution in [3.05, 3.63) is 52.9 Å². The fourth-order valence-electron chi connectivity index (χ4n) is 3.64. The summed E-state index contributed by atoms with van der Waals surface area (Å²) in [4.78, 5) is 31.7. The number of ether oxygens (including phenoxy) is 1. The average Bonchev–Trinajstić information content (AvgIpc) is 3.50. The van der Waals surface area contributed by atoms with Gasteiger partial charge in [0.05, 0.1) is 12.3 Å². The van der Waals surface area contributed by atoms with Gasteiger partial charge in [-0.05, 0) is 39.0 Å². The van der Waals surface area contributed by atoms with Crippen LogP contribution in [0.2, 0.25) is 0 Å². The first kappa shape index (κ1) is 24.8. The molecule has 0 unspecified atom stereocenters. The maximum Gasteiger partial charge on any atom is 0.257 e. The molecule has 35 heavy (non-hydrogen) atoms. The smallest absolute Gasteiger partial charge is 0.257 e. The maximum absolute atomic E-state index is 13.3. The van der Waals surface area contributed by atoms with E-state index in [0.29, 0.717) is 10.9 Å². The van der Waals surface area contributed by atoms with E-state index in [-0.39, 0.29) is 60.0 Å². The van der Waals surface area contributed by atoms with E-state index in [1.807, 2.05) is 13.8 Å². The summed E-state index contributed by atoms with van der Waals surface area (Å²) in [5.41, 5.74) is 0.532. The number of hydrogen-bond acceptors (Lipinski definition) is 9. The third kappa shape index (κ3) is 5.52. The molecule has 1 N–H and O–H groups in total. The van der Waals surface area contributed by atoms with Crippen LogP contribution in [0.1, 0.15) is 40.3 Å². The van der Waals surface area contributed by atoms with Gasteiger partial charge in [0.15, 0.2) is 10.9 Å². The highest BCUT2D eigenvalue weighted by Crippen LogP contribution is 2.24. The van der Waals surface area contributed by atoms with E-state index < -0.39 is 15.9 Å². The molecule has 3 heterocycles. The Morgan fingerprint density at radius 2 is 1.86 bits per heavy atom. The lowest BCUT2D eigenvalue weighted by atomic mass is 10.1. The molecule has 1 saturated heterocycles. The number of aryl methyl sites for hydroxylation is 1. The molecule has 1 aromatic carbocycles. The van der Waals surface area contributed by atoms with Crippen molar-refractivity contribution in [3.8, 4) is 5.75 Å². The lowest BCUT2D eigenvalue weighted by Crippen LogP contribution is -2.50. The number of sulfonamides is 1. The molecule has 0 spiro atoms. The predicted octanol–water partition coefficient (Wildman–Crippen LogP) is 2.63. The zero-order valence-electron chi connectivity index (χ0n) is 19.4. The number of benzene rings is 1. The fourth-order valence-corrected chi connectivity index (χ4v) is 5.66. The molecule has 1 aliphatic heterocycles. The molecule has 0 bridgehead atoms. The second kappa shape index (κ2) is 10.1. The van der Waals surface area contributed by atoms with E-state index in [2.05, 4.69) is 15.5 Å². The third-order valence-corrected chi connectivity index (χ3v) is 7.97. The van der Waals surface area contributed by atoms with E-state index in [1.165, 1.54) is 34.8 Å². The van der Waals surface area contributed by atoms with Crippen LogP contribution in [-0.2, 0) is 10.0 Å². The minimum atomic E-state index is -3.76. The molecule has 0 saturated carbocycles. The number of piperazine rings is 1. The second-order valence-corrected chi connectivity index (χ2v) is 10.9. The summed E-state index contributed by atoms with van der Waals surface area (Å²) in [6.45, 7) is 5.86. The van der Waals surface area contributed by atoms with Crippen molar-refractivity contribution in [2.45, 2.75) is 31.8 Å². The van der Waals surface area contributed by atoms with E-state index in [0.717, 1.165) is 0 Å². The van der Waals surface area contributed by atoms with Gasteiger partial charge in [0.25, 0.3) is 11.8 Å². The molecule has 0 atom stereocenters. The molecule has 11 nitrogen and oxygen atoms in total. The van der Waals surface area contributed by atoms with Gasteiger partial charge in [-0.25, -0.2) is 13.4 Å². The number of aromatic nitrogens is 2. The summed E-state index contributed by atoms with van der Waals surface area (Å²) in [5.74, 6) is -0.128. The van der Waals surface area contributed by atoms with Crippen LogP contribution in [-0.4, -0.2) is 71.9 Å². The van der Waals surface area contributed by atoms with Crippen molar-refractivity contribution in [1.29, 1.82) is 0 Å². The van der Waals surface area contributed by atoms with Gasteiger partial charge in [-0.1, -0.05) is 5.16 Å². The van der Waals surface area contributed by atoms with E-state index in [4.69, 9.17) is 9.26 Å². The Balaban J connectivity index is 1.51. The summed E-state index contributed by atoms with van der Waals surface area (Å²) in [6.07, 6.45) is 2.60. The van der Waals surface area contributed by atoms with Gasteiger partial charge in [-0.15, -0.1) is 11.3 Å². The number of hydrogen-bond donors (Lipinski definition) is 1. The fraction of sp³-hybridized carbons (Fsp3) is 0.364. The Kier molecular flexibility index (Phi) is 7.19. The Morgan fingerprint density at radius 1 is 1.14 bits per heavy atom. The van der Waals surface area contributed by atoms with Crippen molar-refractivity contribution in [1.82, 2.24) is 19.3 Å². The largest absolute Gasteiger partial charge is 0.491 e. The minimum Gasteiger partial charge on any atom is -0.491 e. The highest BCUT2D eigenvalue weighted by Gasteiger charge is 2.33. The van der Waals surface area contributed by atoms with Crippen LogP contribution in [0.15, 0.2) is 45.4 Å². The highest BCUT2D eigenvalue weighted by molar-refractivity contribution is 7.89. The van der Waals surface area contributed by atoms with Crippen LogP contribution in [0.4, 0.5) is 5.13 Å². The predicted molar refractivity (Wildman–Crippen MR) is 128 cm³/mol. The molecule has 1 aliphatic rings. The topological polar surface area (TPSA) is 135 Å². The van der Waals surface area contributed by atoms with Crippen molar-refractivity contribution in [3.63, 3.8) is 0 Å². The van der Waals surface area contributed by atoms with Crippen LogP contribution in [0.25, 0.3) is 0 Å². The van der Waals surface area contributed by atoms with Crippen molar-refractivity contribution >= 4 is 38.3 Å². The summed E-state index contributed by atoms with van der Waals surface area (Å²) in [5, 5.41) is 8.44. The molecule has 0 aliphatic carbocycles. The van der Waals surface area contributed by atoms with Gasteiger partial charge >= 0.3 is 0 Å². The van der Waals surface area contributed by atoms with Crippen molar-refractivity contribution in [2.24, 2.45) is 0 Å². The summed E-state index contributed by atoms with van der Waals surface area (Å²) in [6, 6.07) is 4.67. The lowest BCUT2D eigenvalue weighted by molar-refractivity contribution is 0.0697. The number of nitrogens with zero attached hydrogens (tertiary/aromatic N) is 4. The summed E-state index contributed by atoms with van der Waals surface area (Å²) < 4.78 is 37.7. The van der Waals surface area contributed by atoms with Gasteiger partial charge in [0.1, 0.15) is 10.6 Å². The second-order valence-electron chi connectivity index (χ2n) is 8.15. The Hall–Kier alpha value is -3.29. The van der Waals surface area contributed by atoms with Crippen LogP contribution >= 0.6 is 11.3 Å². The standard InChI is InChI=1S/C22H25N5O6S2/c1-14(2)32-18-11-16(20(28)25-22-23-4-9-34-22)10-17(12-18)21(29)26-5-7-27(8-6-26)35(30,31)19-13-24-33-15(19)3/h4,9-14H,5-8H2,1-3H3,(H,23,25,28). The Labute approximate surface area is 206 Å². The van der Waals surface area contributed by atoms with Crippen LogP contribution < -0.4 is 10.1 Å². The van der Waals surface area contributed by atoms with Crippen LogP contribution in [0.3, 0.4) is 0 Å². The summed E-state index contributed by atoms with van der Waals surface area (Å²) >= 11 is 1.28. The molecule has 186 valence electrons.